The fraction of sp³-hybridized carbons (Fsp3) is 0.619. The molecule has 9 heteroatoms. The number of nitrogens with one attached hydrogen (secondary N) is 1. The molecule has 30 heavy (non-hydrogen) atoms. The van der Waals surface area contributed by atoms with Gasteiger partial charge in [0.25, 0.3) is 0 Å². The summed E-state index contributed by atoms with van der Waals surface area (Å²) in [7, 11) is 0. The normalized spacial score (nSPS) is 12.4. The Labute approximate surface area is 200 Å². The first-order valence-corrected chi connectivity index (χ1v) is 11.2. The molecule has 1 rings (SSSR count). The molecule has 1 amide bonds. The van der Waals surface area contributed by atoms with Gasteiger partial charge in [0, 0.05) is 37.0 Å². The molecule has 0 fully saturated rings. The average Bonchev–Trinajstić information content (AvgIpc) is 2.72. The number of hydrogen-bond donors (Lipinski definition) is 2. The summed E-state index contributed by atoms with van der Waals surface area (Å²) in [5.74, 6) is 0.226. The highest BCUT2D eigenvalue weighted by Gasteiger charge is 2.25. The van der Waals surface area contributed by atoms with Crippen LogP contribution in [0, 0.1) is 0 Å². The number of hydrogen-bond acceptors (Lipinski definition) is 5. The average molecular weight is 527 g/mol. The molecule has 3 N–H and O–H groups in total. The van der Waals surface area contributed by atoms with Crippen LogP contribution >= 0.6 is 40.2 Å². The number of rotatable bonds is 14. The summed E-state index contributed by atoms with van der Waals surface area (Å²) < 4.78 is 5.13. The maximum absolute atomic E-state index is 12.4. The first-order valence-electron chi connectivity index (χ1n) is 10.1. The van der Waals surface area contributed by atoms with E-state index in [-0.39, 0.29) is 29.5 Å². The second-order valence-electron chi connectivity index (χ2n) is 6.80. The highest BCUT2D eigenvalue weighted by Crippen LogP contribution is 2.17. The number of halogens is 3. The largest absolute Gasteiger partial charge is 0.464 e. The topological polar surface area (TPSA) is 84.7 Å². The molecule has 0 saturated heterocycles. The van der Waals surface area contributed by atoms with Crippen LogP contribution in [0.3, 0.4) is 0 Å². The second-order valence-corrected chi connectivity index (χ2v) is 7.55. The second kappa shape index (κ2) is 16.6. The van der Waals surface area contributed by atoms with E-state index in [4.69, 9.17) is 33.7 Å². The Balaban J connectivity index is 0.00000841. The van der Waals surface area contributed by atoms with Gasteiger partial charge < -0.3 is 20.7 Å². The number of benzene rings is 1. The van der Waals surface area contributed by atoms with Crippen molar-refractivity contribution < 1.29 is 14.3 Å². The van der Waals surface area contributed by atoms with Crippen LogP contribution in [0.25, 0.3) is 0 Å². The Hall–Kier alpha value is -1.02. The number of alkyl halides is 2. The van der Waals surface area contributed by atoms with E-state index < -0.39 is 18.1 Å². The standard InChI is InChI=1S/C21H33Cl2N3O3.BrH/c1-3-5-6-18(24)20(27)25-19(21(28)29-4-2)15-16-7-9-17(10-8-16)26(13-11-22)14-12-23;/h7-10,18-19H,3-6,11-15,24H2,1-2H3,(H,25,27);1H/t18-,19-;/m0./s1. The summed E-state index contributed by atoms with van der Waals surface area (Å²) in [5, 5.41) is 2.75. The molecule has 0 radical (unpaired) electrons. The molecule has 1 aromatic rings. The van der Waals surface area contributed by atoms with Crippen molar-refractivity contribution in [3.8, 4) is 0 Å². The van der Waals surface area contributed by atoms with Crippen molar-refractivity contribution in [2.45, 2.75) is 51.6 Å². The lowest BCUT2D eigenvalue weighted by Crippen LogP contribution is -2.49. The van der Waals surface area contributed by atoms with Gasteiger partial charge >= 0.3 is 5.97 Å². The molecule has 1 aromatic carbocycles. The van der Waals surface area contributed by atoms with E-state index in [0.717, 1.165) is 24.1 Å². The molecule has 0 aliphatic heterocycles. The number of carbonyl (C=O) groups is 2. The predicted octanol–water partition coefficient (Wildman–Crippen LogP) is 3.66. The van der Waals surface area contributed by atoms with Gasteiger partial charge in [-0.2, -0.15) is 0 Å². The van der Waals surface area contributed by atoms with E-state index in [1.54, 1.807) is 6.92 Å². The van der Waals surface area contributed by atoms with Crippen molar-refractivity contribution in [2.75, 3.05) is 36.4 Å². The van der Waals surface area contributed by atoms with Crippen molar-refractivity contribution >= 4 is 57.7 Å². The molecule has 0 bridgehead atoms. The van der Waals surface area contributed by atoms with E-state index in [9.17, 15) is 9.59 Å². The Bertz CT molecular complexity index is 614. The summed E-state index contributed by atoms with van der Waals surface area (Å²) in [5.41, 5.74) is 7.85. The zero-order valence-electron chi connectivity index (χ0n) is 17.7. The molecule has 0 heterocycles. The third-order valence-electron chi connectivity index (χ3n) is 4.54. The van der Waals surface area contributed by atoms with Gasteiger partial charge in [-0.15, -0.1) is 40.2 Å². The Kier molecular flexibility index (Phi) is 16.1. The number of ether oxygens (including phenoxy) is 1. The lowest BCUT2D eigenvalue weighted by molar-refractivity contribution is -0.147. The molecule has 0 aromatic heterocycles. The van der Waals surface area contributed by atoms with Gasteiger partial charge in [-0.1, -0.05) is 31.9 Å². The van der Waals surface area contributed by atoms with Crippen LogP contribution in [-0.2, 0) is 20.7 Å². The molecule has 0 unspecified atom stereocenters. The zero-order chi connectivity index (χ0) is 21.6. The van der Waals surface area contributed by atoms with Crippen LogP contribution in [0.2, 0.25) is 0 Å². The summed E-state index contributed by atoms with van der Waals surface area (Å²) in [6.07, 6.45) is 2.74. The molecule has 0 saturated carbocycles. The number of amides is 1. The van der Waals surface area contributed by atoms with Crippen LogP contribution in [0.4, 0.5) is 5.69 Å². The Morgan fingerprint density at radius 3 is 2.23 bits per heavy atom. The predicted molar refractivity (Wildman–Crippen MR) is 130 cm³/mol. The molecule has 172 valence electrons. The maximum Gasteiger partial charge on any atom is 0.328 e. The van der Waals surface area contributed by atoms with Crippen LogP contribution < -0.4 is 16.0 Å². The van der Waals surface area contributed by atoms with E-state index in [1.165, 1.54) is 0 Å². The van der Waals surface area contributed by atoms with Crippen molar-refractivity contribution in [2.24, 2.45) is 5.73 Å². The summed E-state index contributed by atoms with van der Waals surface area (Å²) >= 11 is 11.7. The minimum atomic E-state index is -0.775. The molecule has 0 aliphatic rings. The van der Waals surface area contributed by atoms with Gasteiger partial charge in [-0.05, 0) is 31.0 Å². The molecule has 0 spiro atoms. The number of anilines is 1. The Morgan fingerprint density at radius 2 is 1.73 bits per heavy atom. The van der Waals surface area contributed by atoms with Crippen LogP contribution in [-0.4, -0.2) is 55.4 Å². The first kappa shape index (κ1) is 29.0. The number of carbonyl (C=O) groups excluding carboxylic acids is 2. The smallest absolute Gasteiger partial charge is 0.328 e. The minimum absolute atomic E-state index is 0. The monoisotopic (exact) mass is 525 g/mol. The number of esters is 1. The van der Waals surface area contributed by atoms with E-state index in [1.807, 2.05) is 31.2 Å². The highest BCUT2D eigenvalue weighted by atomic mass is 79.9. The lowest BCUT2D eigenvalue weighted by atomic mass is 10.0. The van der Waals surface area contributed by atoms with Crippen molar-refractivity contribution in [3.63, 3.8) is 0 Å². The van der Waals surface area contributed by atoms with Crippen LogP contribution in [0.15, 0.2) is 24.3 Å². The molecule has 6 nitrogen and oxygen atoms in total. The third-order valence-corrected chi connectivity index (χ3v) is 4.88. The van der Waals surface area contributed by atoms with Gasteiger partial charge in [0.05, 0.1) is 12.6 Å². The quantitative estimate of drug-likeness (QED) is 0.285. The van der Waals surface area contributed by atoms with E-state index in [2.05, 4.69) is 10.2 Å². The lowest BCUT2D eigenvalue weighted by Gasteiger charge is -2.23. The Morgan fingerprint density at radius 1 is 1.13 bits per heavy atom. The van der Waals surface area contributed by atoms with Gasteiger partial charge in [-0.25, -0.2) is 4.79 Å². The van der Waals surface area contributed by atoms with Gasteiger partial charge in [-0.3, -0.25) is 4.79 Å². The first-order chi connectivity index (χ1) is 14.0. The molecular weight excluding hydrogens is 493 g/mol. The molecule has 0 aliphatic carbocycles. The SMILES string of the molecule is Br.CCCC[C@H](N)C(=O)N[C@@H](Cc1ccc(N(CCCl)CCCl)cc1)C(=O)OCC. The summed E-state index contributed by atoms with van der Waals surface area (Å²) in [4.78, 5) is 26.8. The highest BCUT2D eigenvalue weighted by molar-refractivity contribution is 8.93. The zero-order valence-corrected chi connectivity index (χ0v) is 21.0. The van der Waals surface area contributed by atoms with Crippen LogP contribution in [0.1, 0.15) is 38.7 Å². The van der Waals surface area contributed by atoms with Crippen molar-refractivity contribution in [1.29, 1.82) is 0 Å². The minimum Gasteiger partial charge on any atom is -0.464 e. The van der Waals surface area contributed by atoms with Crippen LogP contribution in [0.5, 0.6) is 0 Å². The van der Waals surface area contributed by atoms with Gasteiger partial charge in [0.1, 0.15) is 6.04 Å². The molecular formula is C21H34BrCl2N3O3. The van der Waals surface area contributed by atoms with E-state index >= 15 is 0 Å². The fourth-order valence-corrected chi connectivity index (χ4v) is 3.33. The number of unbranched alkanes of at least 4 members (excludes halogenated alkanes) is 1. The number of nitrogens with zero attached hydrogens (tertiary/aromatic N) is 1. The van der Waals surface area contributed by atoms with Crippen molar-refractivity contribution in [3.05, 3.63) is 29.8 Å². The number of nitrogens with two attached hydrogens (primary N) is 1. The van der Waals surface area contributed by atoms with Crippen molar-refractivity contribution in [1.82, 2.24) is 5.32 Å². The maximum atomic E-state index is 12.4. The summed E-state index contributed by atoms with van der Waals surface area (Å²) in [6.45, 7) is 5.42. The van der Waals surface area contributed by atoms with Gasteiger partial charge in [0.15, 0.2) is 0 Å². The van der Waals surface area contributed by atoms with Gasteiger partial charge in [0.2, 0.25) is 5.91 Å². The van der Waals surface area contributed by atoms with E-state index in [0.29, 0.717) is 37.7 Å². The third kappa shape index (κ3) is 10.3. The fourth-order valence-electron chi connectivity index (χ4n) is 2.92. The summed E-state index contributed by atoms with van der Waals surface area (Å²) in [6, 6.07) is 6.38. The molecule has 2 atom stereocenters.